The molecule has 0 aliphatic carbocycles. The van der Waals surface area contributed by atoms with Crippen molar-refractivity contribution in [1.82, 2.24) is 0 Å². The van der Waals surface area contributed by atoms with Crippen LogP contribution in [0.25, 0.3) is 0 Å². The topological polar surface area (TPSA) is 34.1 Å². The number of hydrogen-bond donors (Lipinski definition) is 0. The molecule has 0 rings (SSSR count). The van der Waals surface area contributed by atoms with E-state index in [2.05, 4.69) is 12.7 Å². The van der Waals surface area contributed by atoms with Gasteiger partial charge < -0.3 is 0 Å². The monoisotopic (exact) mass is 302 g/mol. The summed E-state index contributed by atoms with van der Waals surface area (Å²) in [5.41, 5.74) is 6.30. The Morgan fingerprint density at radius 3 is 2.23 bits per heavy atom. The Morgan fingerprint density at radius 2 is 1.68 bits per heavy atom. The van der Waals surface area contributed by atoms with E-state index in [1.807, 2.05) is 45.9 Å². The lowest BCUT2D eigenvalue weighted by Gasteiger charge is -2.05. The highest BCUT2D eigenvalue weighted by atomic mass is 16.1. The summed E-state index contributed by atoms with van der Waals surface area (Å²) in [6, 6.07) is 0. The molecule has 0 bridgehead atoms. The van der Waals surface area contributed by atoms with Gasteiger partial charge in [0, 0.05) is 12.3 Å². The number of ketones is 2. The third-order valence-electron chi connectivity index (χ3n) is 3.79. The van der Waals surface area contributed by atoms with Crippen molar-refractivity contribution in [3.8, 4) is 0 Å². The summed E-state index contributed by atoms with van der Waals surface area (Å²) in [6.07, 6.45) is 8.99. The molecule has 0 N–H and O–H groups in total. The first kappa shape index (κ1) is 20.3. The third kappa shape index (κ3) is 9.31. The average molecular weight is 302 g/mol. The number of carbonyl (C=O) groups is 2. The predicted molar refractivity (Wildman–Crippen MR) is 93.8 cm³/mol. The van der Waals surface area contributed by atoms with E-state index in [4.69, 9.17) is 0 Å². The number of allylic oxidation sites excluding steroid dienone is 5. The Balaban J connectivity index is 4.33. The summed E-state index contributed by atoms with van der Waals surface area (Å²) in [7, 11) is 0. The molecule has 2 nitrogen and oxygen atoms in total. The van der Waals surface area contributed by atoms with Crippen LogP contribution in [0.5, 0.6) is 0 Å². The molecule has 0 aromatic heterocycles. The first-order valence-corrected chi connectivity index (χ1v) is 8.07. The maximum Gasteiger partial charge on any atom is 0.155 e. The molecule has 0 radical (unpaired) electrons. The Labute approximate surface area is 135 Å². The molecule has 1 atom stereocenters. The lowest BCUT2D eigenvalue weighted by Crippen LogP contribution is -2.07. The van der Waals surface area contributed by atoms with Crippen molar-refractivity contribution in [3.63, 3.8) is 0 Å². The van der Waals surface area contributed by atoms with Crippen LogP contribution >= 0.6 is 0 Å². The van der Waals surface area contributed by atoms with Crippen LogP contribution in [0.4, 0.5) is 0 Å². The Kier molecular flexibility index (Phi) is 10.2. The van der Waals surface area contributed by atoms with E-state index in [9.17, 15) is 9.59 Å². The summed E-state index contributed by atoms with van der Waals surface area (Å²) in [6.45, 7) is 11.5. The average Bonchev–Trinajstić information content (AvgIpc) is 2.49. The molecule has 0 aromatic carbocycles. The summed E-state index contributed by atoms with van der Waals surface area (Å²) in [5, 5.41) is 0. The van der Waals surface area contributed by atoms with Crippen LogP contribution in [0.15, 0.2) is 40.7 Å². The van der Waals surface area contributed by atoms with E-state index in [1.54, 1.807) is 6.92 Å². The van der Waals surface area contributed by atoms with E-state index < -0.39 is 0 Å². The number of Topliss-reactive ketones (excluding diaryl/α,β-unsaturated/α-hetero) is 2. The molecule has 0 aliphatic rings. The van der Waals surface area contributed by atoms with Crippen LogP contribution in [0.2, 0.25) is 0 Å². The smallest absolute Gasteiger partial charge is 0.155 e. The van der Waals surface area contributed by atoms with Crippen LogP contribution < -0.4 is 0 Å². The largest absolute Gasteiger partial charge is 0.299 e. The second-order valence-electron chi connectivity index (χ2n) is 5.97. The molecule has 0 saturated heterocycles. The molecule has 0 spiro atoms. The van der Waals surface area contributed by atoms with Crippen LogP contribution in [0.3, 0.4) is 0 Å². The molecular formula is C20H30O2. The predicted octanol–water partition coefficient (Wildman–Crippen LogP) is 5.35. The first-order chi connectivity index (χ1) is 10.3. The fourth-order valence-electron chi connectivity index (χ4n) is 1.70. The quantitative estimate of drug-likeness (QED) is 0.326. The maximum absolute atomic E-state index is 12.0. The van der Waals surface area contributed by atoms with Gasteiger partial charge in [-0.1, -0.05) is 31.6 Å². The molecule has 0 amide bonds. The standard InChI is InChI=1S/C20H30O2/c1-7-15(2)11-14-18(5)20(22)10-8-9-16(3)12-13-17(4)19(6)21/h12-14,18H,7-10H2,1-6H3. The van der Waals surface area contributed by atoms with Crippen molar-refractivity contribution in [2.75, 3.05) is 0 Å². The van der Waals surface area contributed by atoms with E-state index >= 15 is 0 Å². The van der Waals surface area contributed by atoms with Crippen molar-refractivity contribution in [2.24, 2.45) is 5.92 Å². The van der Waals surface area contributed by atoms with Crippen LogP contribution in [-0.2, 0) is 9.59 Å². The van der Waals surface area contributed by atoms with Gasteiger partial charge in [-0.3, -0.25) is 9.59 Å². The van der Waals surface area contributed by atoms with Gasteiger partial charge in [-0.2, -0.15) is 0 Å². The SMILES string of the molecule is CCC(C)=C=CC(C)C(=O)CCCC(C)=CC=C(C)C(C)=O. The number of carbonyl (C=O) groups excluding carboxylic acids is 2. The molecular weight excluding hydrogens is 272 g/mol. The van der Waals surface area contributed by atoms with Crippen molar-refractivity contribution in [1.29, 1.82) is 0 Å². The second kappa shape index (κ2) is 11.0. The Bertz CT molecular complexity index is 512. The fraction of sp³-hybridized carbons (Fsp3) is 0.550. The van der Waals surface area contributed by atoms with E-state index in [0.717, 1.165) is 24.8 Å². The lowest BCUT2D eigenvalue weighted by molar-refractivity contribution is -0.121. The Hall–Kier alpha value is -1.66. The molecule has 0 heterocycles. The fourth-order valence-corrected chi connectivity index (χ4v) is 1.70. The maximum atomic E-state index is 12.0. The highest BCUT2D eigenvalue weighted by Crippen LogP contribution is 2.12. The molecule has 0 aliphatic heterocycles. The van der Waals surface area contributed by atoms with Crippen molar-refractivity contribution in [2.45, 2.75) is 67.2 Å². The normalized spacial score (nSPS) is 13.4. The van der Waals surface area contributed by atoms with Crippen LogP contribution in [0.1, 0.15) is 67.2 Å². The molecule has 2 heteroatoms. The highest BCUT2D eigenvalue weighted by molar-refractivity contribution is 5.92. The molecule has 1 unspecified atom stereocenters. The molecule has 0 saturated carbocycles. The van der Waals surface area contributed by atoms with Crippen molar-refractivity contribution in [3.05, 3.63) is 40.7 Å². The molecule has 22 heavy (non-hydrogen) atoms. The van der Waals surface area contributed by atoms with Gasteiger partial charge in [0.1, 0.15) is 5.78 Å². The molecule has 0 fully saturated rings. The van der Waals surface area contributed by atoms with Gasteiger partial charge >= 0.3 is 0 Å². The second-order valence-corrected chi connectivity index (χ2v) is 5.97. The van der Waals surface area contributed by atoms with Gasteiger partial charge in [0.15, 0.2) is 5.78 Å². The minimum atomic E-state index is -0.0642. The summed E-state index contributed by atoms with van der Waals surface area (Å²) in [5.74, 6) is 0.292. The van der Waals surface area contributed by atoms with Gasteiger partial charge in [-0.15, -0.1) is 5.73 Å². The van der Waals surface area contributed by atoms with Crippen LogP contribution in [0, 0.1) is 5.92 Å². The van der Waals surface area contributed by atoms with Gasteiger partial charge in [0.05, 0.1) is 0 Å². The lowest BCUT2D eigenvalue weighted by atomic mass is 9.99. The minimum Gasteiger partial charge on any atom is -0.299 e. The summed E-state index contributed by atoms with van der Waals surface area (Å²) < 4.78 is 0. The highest BCUT2D eigenvalue weighted by Gasteiger charge is 2.08. The Morgan fingerprint density at radius 1 is 1.05 bits per heavy atom. The van der Waals surface area contributed by atoms with E-state index in [0.29, 0.717) is 6.42 Å². The molecule has 122 valence electrons. The zero-order valence-corrected chi connectivity index (χ0v) is 15.0. The van der Waals surface area contributed by atoms with E-state index in [1.165, 1.54) is 11.1 Å². The first-order valence-electron chi connectivity index (χ1n) is 8.07. The van der Waals surface area contributed by atoms with Crippen molar-refractivity contribution < 1.29 is 9.59 Å². The van der Waals surface area contributed by atoms with Gasteiger partial charge in [-0.25, -0.2) is 0 Å². The van der Waals surface area contributed by atoms with Crippen LogP contribution in [-0.4, -0.2) is 11.6 Å². The zero-order valence-electron chi connectivity index (χ0n) is 15.0. The zero-order chi connectivity index (χ0) is 17.1. The summed E-state index contributed by atoms with van der Waals surface area (Å²) in [4.78, 5) is 23.1. The summed E-state index contributed by atoms with van der Waals surface area (Å²) >= 11 is 0. The number of rotatable bonds is 9. The molecule has 0 aromatic rings. The third-order valence-corrected chi connectivity index (χ3v) is 3.79. The van der Waals surface area contributed by atoms with Gasteiger partial charge in [0.2, 0.25) is 0 Å². The van der Waals surface area contributed by atoms with Gasteiger partial charge in [0.25, 0.3) is 0 Å². The van der Waals surface area contributed by atoms with Gasteiger partial charge in [-0.05, 0) is 64.2 Å². The van der Waals surface area contributed by atoms with Crippen molar-refractivity contribution >= 4 is 11.6 Å². The minimum absolute atomic E-state index is 0.0642. The number of hydrogen-bond acceptors (Lipinski definition) is 2. The van der Waals surface area contributed by atoms with E-state index in [-0.39, 0.29) is 17.5 Å².